The van der Waals surface area contributed by atoms with Crippen LogP contribution in [0.2, 0.25) is 0 Å². The molecule has 0 aromatic rings. The number of carbonyl (C=O) groups is 1. The molecule has 0 atom stereocenters. The second-order valence-corrected chi connectivity index (χ2v) is 2.70. The molecule has 1 saturated heterocycles. The van der Waals surface area contributed by atoms with Gasteiger partial charge in [0.2, 0.25) is 5.91 Å². The van der Waals surface area contributed by atoms with Crippen molar-refractivity contribution in [1.82, 2.24) is 4.90 Å². The Morgan fingerprint density at radius 3 is 3.10 bits per heavy atom. The minimum Gasteiger partial charge on any atom is -0.301 e. The molecule has 3 heteroatoms. The highest BCUT2D eigenvalue weighted by atomic mass is 16.2. The van der Waals surface area contributed by atoms with Gasteiger partial charge in [0.25, 0.3) is 0 Å². The third kappa shape index (κ3) is 0.735. The maximum atomic E-state index is 11.1. The predicted octanol–water partition coefficient (Wildman–Crippen LogP) is 0.411. The van der Waals surface area contributed by atoms with Crippen LogP contribution in [0.1, 0.15) is 19.3 Å². The first-order valence-electron chi connectivity index (χ1n) is 3.71. The van der Waals surface area contributed by atoms with E-state index in [0.29, 0.717) is 6.42 Å². The first kappa shape index (κ1) is 5.89. The van der Waals surface area contributed by atoms with E-state index in [1.54, 1.807) is 0 Å². The number of amidine groups is 1. The van der Waals surface area contributed by atoms with Crippen molar-refractivity contribution in [3.63, 3.8) is 0 Å². The quantitative estimate of drug-likeness (QED) is 0.477. The SMILES string of the molecule is O=C1CCC2=NCCCN12. The maximum Gasteiger partial charge on any atom is 0.228 e. The van der Waals surface area contributed by atoms with Crippen LogP contribution >= 0.6 is 0 Å². The van der Waals surface area contributed by atoms with Gasteiger partial charge in [-0.05, 0) is 6.42 Å². The lowest BCUT2D eigenvalue weighted by Gasteiger charge is -2.20. The van der Waals surface area contributed by atoms with Crippen LogP contribution in [0.25, 0.3) is 0 Å². The van der Waals surface area contributed by atoms with Crippen molar-refractivity contribution in [2.75, 3.05) is 13.1 Å². The summed E-state index contributed by atoms with van der Waals surface area (Å²) in [7, 11) is 0. The molecule has 0 unspecified atom stereocenters. The summed E-state index contributed by atoms with van der Waals surface area (Å²) in [6.45, 7) is 1.82. The summed E-state index contributed by atoms with van der Waals surface area (Å²) in [6, 6.07) is 0. The second-order valence-electron chi connectivity index (χ2n) is 2.70. The molecule has 54 valence electrons. The van der Waals surface area contributed by atoms with Gasteiger partial charge in [0.05, 0.1) is 0 Å². The van der Waals surface area contributed by atoms with Gasteiger partial charge >= 0.3 is 0 Å². The Hall–Kier alpha value is -0.860. The summed E-state index contributed by atoms with van der Waals surface area (Å²) in [5, 5.41) is 0. The van der Waals surface area contributed by atoms with Gasteiger partial charge in [-0.15, -0.1) is 0 Å². The number of hydrogen-bond acceptors (Lipinski definition) is 2. The van der Waals surface area contributed by atoms with Crippen molar-refractivity contribution in [1.29, 1.82) is 0 Å². The van der Waals surface area contributed by atoms with Crippen molar-refractivity contribution in [2.24, 2.45) is 4.99 Å². The van der Waals surface area contributed by atoms with Crippen LogP contribution < -0.4 is 0 Å². The molecule has 0 aromatic heterocycles. The Kier molecular flexibility index (Phi) is 1.22. The molecule has 0 aromatic carbocycles. The van der Waals surface area contributed by atoms with Crippen LogP contribution in [-0.2, 0) is 4.79 Å². The number of carbonyl (C=O) groups excluding carboxylic acids is 1. The molecule has 1 fully saturated rings. The molecular weight excluding hydrogens is 128 g/mol. The van der Waals surface area contributed by atoms with E-state index in [1.165, 1.54) is 0 Å². The Bertz CT molecular complexity index is 198. The van der Waals surface area contributed by atoms with Gasteiger partial charge in [0.1, 0.15) is 5.84 Å². The standard InChI is InChI=1S/C7H10N2O/c10-7-3-2-6-8-4-1-5-9(6)7/h1-5H2. The van der Waals surface area contributed by atoms with Crippen LogP contribution in [-0.4, -0.2) is 29.7 Å². The highest BCUT2D eigenvalue weighted by Gasteiger charge is 2.27. The Morgan fingerprint density at radius 1 is 1.40 bits per heavy atom. The zero-order chi connectivity index (χ0) is 6.97. The molecule has 0 radical (unpaired) electrons. The van der Waals surface area contributed by atoms with Crippen molar-refractivity contribution < 1.29 is 4.79 Å². The smallest absolute Gasteiger partial charge is 0.228 e. The van der Waals surface area contributed by atoms with E-state index in [1.807, 2.05) is 4.90 Å². The van der Waals surface area contributed by atoms with Gasteiger partial charge in [0, 0.05) is 25.9 Å². The molecule has 1 amide bonds. The van der Waals surface area contributed by atoms with Crippen LogP contribution in [0.3, 0.4) is 0 Å². The average Bonchev–Trinajstić information content (AvgIpc) is 2.34. The fourth-order valence-electron chi connectivity index (χ4n) is 1.49. The van der Waals surface area contributed by atoms with Gasteiger partial charge in [-0.25, -0.2) is 0 Å². The minimum atomic E-state index is 0.262. The predicted molar refractivity (Wildman–Crippen MR) is 37.9 cm³/mol. The van der Waals surface area contributed by atoms with Crippen LogP contribution in [0.15, 0.2) is 4.99 Å². The van der Waals surface area contributed by atoms with E-state index in [4.69, 9.17) is 0 Å². The number of rotatable bonds is 0. The number of aliphatic imine (C=N–C) groups is 1. The van der Waals surface area contributed by atoms with E-state index in [2.05, 4.69) is 4.99 Å². The monoisotopic (exact) mass is 138 g/mol. The van der Waals surface area contributed by atoms with Crippen LogP contribution in [0, 0.1) is 0 Å². The molecule has 2 aliphatic heterocycles. The van der Waals surface area contributed by atoms with Gasteiger partial charge in [-0.2, -0.15) is 0 Å². The van der Waals surface area contributed by atoms with Crippen molar-refractivity contribution in [2.45, 2.75) is 19.3 Å². The highest BCUT2D eigenvalue weighted by molar-refractivity contribution is 6.04. The summed E-state index contributed by atoms with van der Waals surface area (Å²) >= 11 is 0. The number of nitrogens with zero attached hydrogens (tertiary/aromatic N) is 2. The summed E-state index contributed by atoms with van der Waals surface area (Å²) in [6.07, 6.45) is 2.59. The zero-order valence-corrected chi connectivity index (χ0v) is 5.84. The molecule has 0 N–H and O–H groups in total. The minimum absolute atomic E-state index is 0.262. The van der Waals surface area contributed by atoms with Crippen LogP contribution in [0.4, 0.5) is 0 Å². The molecule has 0 bridgehead atoms. The second kappa shape index (κ2) is 2.08. The Balaban J connectivity index is 2.25. The largest absolute Gasteiger partial charge is 0.301 e. The fraction of sp³-hybridized carbons (Fsp3) is 0.714. The molecular formula is C7H10N2O. The maximum absolute atomic E-state index is 11.1. The van der Waals surface area contributed by atoms with E-state index in [9.17, 15) is 4.79 Å². The molecule has 0 spiro atoms. The molecule has 0 saturated carbocycles. The van der Waals surface area contributed by atoms with E-state index < -0.39 is 0 Å². The van der Waals surface area contributed by atoms with Gasteiger partial charge in [-0.3, -0.25) is 9.79 Å². The summed E-state index contributed by atoms with van der Waals surface area (Å²) in [5.74, 6) is 1.29. The van der Waals surface area contributed by atoms with E-state index in [-0.39, 0.29) is 5.91 Å². The Morgan fingerprint density at radius 2 is 2.30 bits per heavy atom. The lowest BCUT2D eigenvalue weighted by Crippen LogP contribution is -2.33. The normalized spacial score (nSPS) is 24.6. The van der Waals surface area contributed by atoms with Crippen LogP contribution in [0.5, 0.6) is 0 Å². The fourth-order valence-corrected chi connectivity index (χ4v) is 1.49. The summed E-state index contributed by atoms with van der Waals surface area (Å²) in [4.78, 5) is 17.1. The topological polar surface area (TPSA) is 32.7 Å². The van der Waals surface area contributed by atoms with Crippen molar-refractivity contribution in [3.8, 4) is 0 Å². The molecule has 2 aliphatic rings. The molecule has 10 heavy (non-hydrogen) atoms. The third-order valence-electron chi connectivity index (χ3n) is 2.01. The average molecular weight is 138 g/mol. The first-order valence-corrected chi connectivity index (χ1v) is 3.71. The summed E-state index contributed by atoms with van der Waals surface area (Å²) < 4.78 is 0. The molecule has 2 rings (SSSR count). The first-order chi connectivity index (χ1) is 4.88. The third-order valence-corrected chi connectivity index (χ3v) is 2.01. The number of amides is 1. The zero-order valence-electron chi connectivity index (χ0n) is 5.84. The van der Waals surface area contributed by atoms with E-state index >= 15 is 0 Å². The lowest BCUT2D eigenvalue weighted by atomic mass is 10.3. The van der Waals surface area contributed by atoms with Gasteiger partial charge in [0.15, 0.2) is 0 Å². The molecule has 3 nitrogen and oxygen atoms in total. The number of fused-ring (bicyclic) bond motifs is 1. The van der Waals surface area contributed by atoms with Crippen molar-refractivity contribution >= 4 is 11.7 Å². The number of hydrogen-bond donors (Lipinski definition) is 0. The lowest BCUT2D eigenvalue weighted by molar-refractivity contribution is -0.125. The van der Waals surface area contributed by atoms with Crippen molar-refractivity contribution in [3.05, 3.63) is 0 Å². The van der Waals surface area contributed by atoms with Gasteiger partial charge < -0.3 is 4.90 Å². The summed E-state index contributed by atoms with van der Waals surface area (Å²) in [5.41, 5.74) is 0. The van der Waals surface area contributed by atoms with E-state index in [0.717, 1.165) is 31.8 Å². The van der Waals surface area contributed by atoms with Gasteiger partial charge in [-0.1, -0.05) is 0 Å². The molecule has 0 aliphatic carbocycles. The highest BCUT2D eigenvalue weighted by Crippen LogP contribution is 2.16. The Labute approximate surface area is 59.7 Å². The molecule has 2 heterocycles.